The van der Waals surface area contributed by atoms with Crippen LogP contribution in [0, 0.1) is 17.5 Å². The molecule has 26 heteroatoms. The highest BCUT2D eigenvalue weighted by molar-refractivity contribution is 6.34. The second kappa shape index (κ2) is 32.3. The van der Waals surface area contributed by atoms with Gasteiger partial charge in [-0.15, -0.1) is 0 Å². The minimum absolute atomic E-state index is 0.00144. The van der Waals surface area contributed by atoms with Gasteiger partial charge in [0.15, 0.2) is 11.6 Å². The van der Waals surface area contributed by atoms with Crippen molar-refractivity contribution in [3.8, 4) is 0 Å². The largest absolute Gasteiger partial charge is 0.477 e. The fourth-order valence-corrected chi connectivity index (χ4v) is 7.89. The first-order valence-corrected chi connectivity index (χ1v) is 26.7. The Bertz CT molecular complexity index is 3930. The van der Waals surface area contributed by atoms with Gasteiger partial charge in [0, 0.05) is 70.9 Å². The standard InChI is InChI=1S/C21H17ClFN3O3.C19H13ClFN3O3.C13H11FN2O.C7H6Cl2N2O2/c1-2-29-20(28)17-12-24-21(22)26-19(17)25-16-8-4-6-14(11-16)18(27)10-13-5-3-7-15(23)9-13;20-19-22-10-15(18(26)27)17(24-19)23-14-6-2-4-12(9-14)16(25)8-11-3-1-5-13(21)7-11;14-10-4-2-6-12(8-10)16-13(17)9-3-1-5-11(15)7-9;1-2-13-6(12)4-3-10-7(9)11-5(4)8/h3-9,11-12H,2,10H2,1H3,(H,24,25,26);1-7,9-10H,8H2,(H,26,27)(H,22,23,24);1-8H,15H2,(H,16,17);3H,2H2,1H3. The van der Waals surface area contributed by atoms with E-state index < -0.39 is 35.4 Å². The third-order valence-corrected chi connectivity index (χ3v) is 11.9. The van der Waals surface area contributed by atoms with E-state index in [1.54, 1.807) is 117 Å². The number of nitrogens with zero attached hydrogens (tertiary/aromatic N) is 6. The number of hydrogen-bond acceptors (Lipinski definition) is 17. The second-order valence-corrected chi connectivity index (χ2v) is 18.7. The summed E-state index contributed by atoms with van der Waals surface area (Å²) in [6, 6.07) is 37.2. The molecule has 9 rings (SSSR count). The van der Waals surface area contributed by atoms with E-state index in [4.69, 9.17) is 61.6 Å². The summed E-state index contributed by atoms with van der Waals surface area (Å²) in [5, 5.41) is 17.5. The number of carboxylic acid groups (broad SMARTS) is 1. The number of ketones is 2. The van der Waals surface area contributed by atoms with E-state index in [2.05, 4.69) is 45.9 Å². The molecule has 86 heavy (non-hydrogen) atoms. The average Bonchev–Trinajstić information content (AvgIpc) is 3.58. The van der Waals surface area contributed by atoms with Crippen LogP contribution in [0.1, 0.15) is 87.1 Å². The van der Waals surface area contributed by atoms with Gasteiger partial charge < -0.3 is 36.3 Å². The van der Waals surface area contributed by atoms with Gasteiger partial charge in [-0.25, -0.2) is 47.5 Å². The van der Waals surface area contributed by atoms with Crippen LogP contribution < -0.4 is 21.7 Å². The van der Waals surface area contributed by atoms with Crippen LogP contribution in [0.2, 0.25) is 21.0 Å². The van der Waals surface area contributed by atoms with Crippen LogP contribution in [0.4, 0.5) is 47.6 Å². The molecular formula is C60H47Cl4F3N10O9. The summed E-state index contributed by atoms with van der Waals surface area (Å²) < 4.78 is 49.2. The number of rotatable bonds is 17. The number of esters is 2. The number of nitrogens with one attached hydrogen (secondary N) is 3. The van der Waals surface area contributed by atoms with Crippen LogP contribution in [0.3, 0.4) is 0 Å². The molecule has 0 saturated carbocycles. The lowest BCUT2D eigenvalue weighted by Crippen LogP contribution is -2.12. The summed E-state index contributed by atoms with van der Waals surface area (Å²) >= 11 is 22.6. The normalized spacial score (nSPS) is 10.2. The fraction of sp³-hybridized carbons (Fsp3) is 0.100. The van der Waals surface area contributed by atoms with Crippen LogP contribution in [0.25, 0.3) is 0 Å². The molecule has 0 aliphatic rings. The molecule has 0 saturated heterocycles. The van der Waals surface area contributed by atoms with Crippen LogP contribution >= 0.6 is 46.4 Å². The predicted molar refractivity (Wildman–Crippen MR) is 319 cm³/mol. The van der Waals surface area contributed by atoms with Crippen molar-refractivity contribution >= 4 is 116 Å². The quantitative estimate of drug-likeness (QED) is 0.0186. The van der Waals surface area contributed by atoms with Crippen LogP contribution in [0.5, 0.6) is 0 Å². The Morgan fingerprint density at radius 1 is 0.500 bits per heavy atom. The van der Waals surface area contributed by atoms with Crippen molar-refractivity contribution in [3.63, 3.8) is 0 Å². The van der Waals surface area contributed by atoms with Gasteiger partial charge in [0.1, 0.15) is 50.9 Å². The monoisotopic (exact) mass is 1250 g/mol. The zero-order valence-corrected chi connectivity index (χ0v) is 48.1. The molecule has 9 aromatic rings. The van der Waals surface area contributed by atoms with Crippen molar-refractivity contribution < 1.29 is 56.5 Å². The molecule has 3 heterocycles. The van der Waals surface area contributed by atoms with E-state index in [1.165, 1.54) is 54.9 Å². The molecule has 440 valence electrons. The molecule has 6 N–H and O–H groups in total. The maximum atomic E-state index is 13.3. The lowest BCUT2D eigenvalue weighted by atomic mass is 10.0. The number of aromatic nitrogens is 6. The Balaban J connectivity index is 0.000000192. The zero-order valence-electron chi connectivity index (χ0n) is 45.0. The molecule has 6 aromatic carbocycles. The van der Waals surface area contributed by atoms with E-state index in [0.29, 0.717) is 50.6 Å². The van der Waals surface area contributed by atoms with Gasteiger partial charge in [0.05, 0.1) is 13.2 Å². The molecule has 0 atom stereocenters. The van der Waals surface area contributed by atoms with Crippen LogP contribution in [0.15, 0.2) is 164 Å². The van der Waals surface area contributed by atoms with Gasteiger partial charge in [-0.2, -0.15) is 9.97 Å². The number of carboxylic acids is 1. The van der Waals surface area contributed by atoms with Crippen LogP contribution in [-0.2, 0) is 22.3 Å². The van der Waals surface area contributed by atoms with Gasteiger partial charge in [0.25, 0.3) is 5.91 Å². The number of nitrogen functional groups attached to an aromatic ring is 1. The Morgan fingerprint density at radius 3 is 1.40 bits per heavy atom. The Morgan fingerprint density at radius 2 is 0.919 bits per heavy atom. The third-order valence-electron chi connectivity index (χ3n) is 11.1. The van der Waals surface area contributed by atoms with Crippen molar-refractivity contribution in [2.45, 2.75) is 26.7 Å². The molecule has 0 fully saturated rings. The summed E-state index contributed by atoms with van der Waals surface area (Å²) in [5.41, 5.74) is 9.96. The number of nitrogens with two attached hydrogens (primary N) is 1. The Hall–Kier alpha value is -9.87. The number of carbonyl (C=O) groups is 6. The molecule has 0 aliphatic heterocycles. The number of halogens is 7. The summed E-state index contributed by atoms with van der Waals surface area (Å²) in [7, 11) is 0. The Labute approximate surface area is 508 Å². The van der Waals surface area contributed by atoms with Crippen molar-refractivity contribution in [2.24, 2.45) is 0 Å². The molecule has 0 bridgehead atoms. The molecule has 3 aromatic heterocycles. The highest BCUT2D eigenvalue weighted by Crippen LogP contribution is 2.25. The number of ether oxygens (including phenoxy) is 2. The summed E-state index contributed by atoms with van der Waals surface area (Å²) in [6.45, 7) is 3.86. The van der Waals surface area contributed by atoms with Crippen molar-refractivity contribution in [2.75, 3.05) is 34.9 Å². The minimum atomic E-state index is -1.22. The first-order chi connectivity index (χ1) is 41.2. The first kappa shape index (κ1) is 65.3. The third kappa shape index (κ3) is 20.5. The topological polar surface area (TPSA) is 281 Å². The lowest BCUT2D eigenvalue weighted by molar-refractivity contribution is 0.0516. The van der Waals surface area contributed by atoms with E-state index >= 15 is 0 Å². The number of aromatic carboxylic acids is 1. The second-order valence-electron chi connectivity index (χ2n) is 17.4. The van der Waals surface area contributed by atoms with Gasteiger partial charge in [-0.05, 0) is 145 Å². The Kier molecular flexibility index (Phi) is 24.5. The number of carbonyl (C=O) groups excluding carboxylic acids is 5. The number of amides is 1. The van der Waals surface area contributed by atoms with E-state index in [0.717, 1.165) is 6.20 Å². The molecular weight excluding hydrogens is 1200 g/mol. The van der Waals surface area contributed by atoms with Crippen molar-refractivity contribution in [1.82, 2.24) is 29.9 Å². The van der Waals surface area contributed by atoms with Crippen molar-refractivity contribution in [3.05, 3.63) is 247 Å². The lowest BCUT2D eigenvalue weighted by Gasteiger charge is -2.11. The smallest absolute Gasteiger partial charge is 0.343 e. The SMILES string of the molecule is CCOC(=O)c1cnc(Cl)nc1Cl.CCOC(=O)c1cnc(Cl)nc1Nc1cccc(C(=O)Cc2cccc(F)c2)c1.Nc1cccc(C(=O)Nc2cccc(F)c2)c1.O=C(Cc1cccc(F)c1)c1cccc(Nc2nc(Cl)ncc2C(=O)O)c1. The molecule has 1 amide bonds. The van der Waals surface area contributed by atoms with E-state index in [1.807, 2.05) is 0 Å². The highest BCUT2D eigenvalue weighted by atomic mass is 35.5. The highest BCUT2D eigenvalue weighted by Gasteiger charge is 2.19. The average molecular weight is 1250 g/mol. The number of anilines is 6. The summed E-state index contributed by atoms with van der Waals surface area (Å²) in [5.74, 6) is -4.07. The summed E-state index contributed by atoms with van der Waals surface area (Å²) in [6.07, 6.45) is 3.71. The molecule has 0 aliphatic carbocycles. The van der Waals surface area contributed by atoms with Gasteiger partial charge >= 0.3 is 17.9 Å². The molecule has 0 radical (unpaired) electrons. The number of Topliss-reactive ketones (excluding diaryl/α,β-unsaturated/α-hetero) is 2. The molecule has 0 unspecified atom stereocenters. The van der Waals surface area contributed by atoms with E-state index in [9.17, 15) is 47.0 Å². The molecule has 0 spiro atoms. The predicted octanol–water partition coefficient (Wildman–Crippen LogP) is 13.4. The summed E-state index contributed by atoms with van der Waals surface area (Å²) in [4.78, 5) is 94.0. The number of hydrogen-bond donors (Lipinski definition) is 5. The van der Waals surface area contributed by atoms with Crippen LogP contribution in [-0.4, -0.2) is 83.6 Å². The number of benzene rings is 6. The molecule has 19 nitrogen and oxygen atoms in total. The maximum absolute atomic E-state index is 13.3. The van der Waals surface area contributed by atoms with E-state index in [-0.39, 0.29) is 92.9 Å². The van der Waals surface area contributed by atoms with Gasteiger partial charge in [-0.3, -0.25) is 14.4 Å². The maximum Gasteiger partial charge on any atom is 0.343 e. The van der Waals surface area contributed by atoms with Gasteiger partial charge in [-0.1, -0.05) is 72.3 Å². The fourth-order valence-electron chi connectivity index (χ4n) is 7.25. The minimum Gasteiger partial charge on any atom is -0.477 e. The zero-order chi connectivity index (χ0) is 62.3. The van der Waals surface area contributed by atoms with Crippen molar-refractivity contribution in [1.29, 1.82) is 0 Å². The van der Waals surface area contributed by atoms with Gasteiger partial charge in [0.2, 0.25) is 15.9 Å². The first-order valence-electron chi connectivity index (χ1n) is 25.2.